The van der Waals surface area contributed by atoms with Crippen LogP contribution in [0.2, 0.25) is 0 Å². The minimum atomic E-state index is -3.37. The highest BCUT2D eigenvalue weighted by molar-refractivity contribution is 7.86. The van der Waals surface area contributed by atoms with Crippen LogP contribution in [0.3, 0.4) is 0 Å². The minimum absolute atomic E-state index is 0.00559. The molecule has 0 bridgehead atoms. The largest absolute Gasteiger partial charge is 0.282 e. The van der Waals surface area contributed by atoms with Crippen molar-refractivity contribution >= 4 is 21.5 Å². The minimum Gasteiger partial charge on any atom is -0.195 e. The van der Waals surface area contributed by atoms with Gasteiger partial charge >= 0.3 is 0 Å². The first kappa shape index (κ1) is 16.4. The van der Waals surface area contributed by atoms with E-state index in [0.717, 1.165) is 38.5 Å². The van der Waals surface area contributed by atoms with Crippen molar-refractivity contribution in [1.29, 1.82) is 0 Å². The van der Waals surface area contributed by atoms with Crippen LogP contribution in [-0.4, -0.2) is 36.7 Å². The lowest BCUT2D eigenvalue weighted by Crippen LogP contribution is -2.50. The van der Waals surface area contributed by atoms with Crippen molar-refractivity contribution in [2.75, 3.05) is 13.6 Å². The monoisotopic (exact) mass is 342 g/mol. The first-order valence-corrected chi connectivity index (χ1v) is 10.6. The van der Waals surface area contributed by atoms with E-state index in [2.05, 4.69) is 18.4 Å². The van der Waals surface area contributed by atoms with E-state index in [-0.39, 0.29) is 12.1 Å². The summed E-state index contributed by atoms with van der Waals surface area (Å²) in [5.74, 6) is 0. The van der Waals surface area contributed by atoms with E-state index in [9.17, 15) is 8.42 Å². The molecule has 6 heteroatoms. The van der Waals surface area contributed by atoms with Gasteiger partial charge in [0.2, 0.25) is 0 Å². The van der Waals surface area contributed by atoms with Gasteiger partial charge in [-0.05, 0) is 42.7 Å². The lowest BCUT2D eigenvalue weighted by Gasteiger charge is -2.39. The normalized spacial score (nSPS) is 24.6. The van der Waals surface area contributed by atoms with E-state index < -0.39 is 10.2 Å². The molecule has 4 nitrogen and oxygen atoms in total. The maximum Gasteiger partial charge on any atom is 0.282 e. The van der Waals surface area contributed by atoms with E-state index in [0.29, 0.717) is 6.54 Å². The standard InChI is InChI=1S/C16H26N2O2S2/c1-3-15-14-10-12-21-16(14)9-11-18(15)22(19,20)17(2)13-7-5-4-6-8-13/h10,12-13,15H,3-9,11H2,1-2H3. The predicted molar refractivity (Wildman–Crippen MR) is 91.3 cm³/mol. The van der Waals surface area contributed by atoms with Gasteiger partial charge in [-0.2, -0.15) is 17.0 Å². The molecule has 1 aromatic heterocycles. The topological polar surface area (TPSA) is 40.6 Å². The zero-order valence-electron chi connectivity index (χ0n) is 13.5. The average Bonchev–Trinajstić information content (AvgIpc) is 3.02. The van der Waals surface area contributed by atoms with E-state index in [4.69, 9.17) is 0 Å². The number of thiophene rings is 1. The van der Waals surface area contributed by atoms with Crippen molar-refractivity contribution in [3.05, 3.63) is 21.9 Å². The Balaban J connectivity index is 1.85. The third-order valence-electron chi connectivity index (χ3n) is 5.18. The molecule has 0 spiro atoms. The molecule has 2 aliphatic rings. The summed E-state index contributed by atoms with van der Waals surface area (Å²) in [6.07, 6.45) is 7.23. The molecule has 1 aromatic rings. The summed E-state index contributed by atoms with van der Waals surface area (Å²) in [6, 6.07) is 2.29. The Morgan fingerprint density at radius 1 is 1.32 bits per heavy atom. The van der Waals surface area contributed by atoms with Gasteiger partial charge in [-0.3, -0.25) is 0 Å². The molecule has 0 radical (unpaired) electrons. The summed E-state index contributed by atoms with van der Waals surface area (Å²) in [5.41, 5.74) is 1.22. The molecule has 0 saturated heterocycles. The molecular formula is C16H26N2O2S2. The third kappa shape index (κ3) is 2.86. The zero-order valence-corrected chi connectivity index (χ0v) is 15.1. The van der Waals surface area contributed by atoms with Crippen molar-refractivity contribution in [1.82, 2.24) is 8.61 Å². The molecule has 0 amide bonds. The van der Waals surface area contributed by atoms with Crippen molar-refractivity contribution in [3.8, 4) is 0 Å². The Hall–Kier alpha value is -0.430. The lowest BCUT2D eigenvalue weighted by atomic mass is 9.96. The molecule has 1 saturated carbocycles. The average molecular weight is 343 g/mol. The number of rotatable bonds is 4. The van der Waals surface area contributed by atoms with Gasteiger partial charge in [0.05, 0.1) is 6.04 Å². The quantitative estimate of drug-likeness (QED) is 0.839. The molecule has 22 heavy (non-hydrogen) atoms. The second-order valence-corrected chi connectivity index (χ2v) is 9.34. The highest BCUT2D eigenvalue weighted by Gasteiger charge is 2.39. The second kappa shape index (κ2) is 6.59. The Labute approximate surface area is 138 Å². The van der Waals surface area contributed by atoms with Crippen LogP contribution in [-0.2, 0) is 16.6 Å². The maximum atomic E-state index is 13.1. The Bertz CT molecular complexity index is 605. The molecule has 0 aromatic carbocycles. The summed E-state index contributed by atoms with van der Waals surface area (Å²) >= 11 is 1.76. The van der Waals surface area contributed by atoms with Crippen LogP contribution < -0.4 is 0 Å². The second-order valence-electron chi connectivity index (χ2n) is 6.40. The van der Waals surface area contributed by atoms with Crippen LogP contribution in [0.1, 0.15) is 61.9 Å². The van der Waals surface area contributed by atoms with E-state index in [1.807, 2.05) is 0 Å². The molecule has 124 valence electrons. The third-order valence-corrected chi connectivity index (χ3v) is 8.23. The number of hydrogen-bond donors (Lipinski definition) is 0. The highest BCUT2D eigenvalue weighted by atomic mass is 32.2. The molecular weight excluding hydrogens is 316 g/mol. The van der Waals surface area contributed by atoms with Crippen molar-refractivity contribution < 1.29 is 8.42 Å². The molecule has 1 aliphatic carbocycles. The fourth-order valence-electron chi connectivity index (χ4n) is 3.87. The van der Waals surface area contributed by atoms with Gasteiger partial charge in [0.25, 0.3) is 10.2 Å². The van der Waals surface area contributed by atoms with Crippen LogP contribution in [0.25, 0.3) is 0 Å². The molecule has 1 fully saturated rings. The summed E-state index contributed by atoms with van der Waals surface area (Å²) < 4.78 is 29.7. The maximum absolute atomic E-state index is 13.1. The van der Waals surface area contributed by atoms with Gasteiger partial charge in [-0.15, -0.1) is 11.3 Å². The predicted octanol–water partition coefficient (Wildman–Crippen LogP) is 3.57. The van der Waals surface area contributed by atoms with Gasteiger partial charge in [0.1, 0.15) is 0 Å². The SMILES string of the molecule is CCC1c2ccsc2CCN1S(=O)(=O)N(C)C1CCCCC1. The molecule has 0 N–H and O–H groups in total. The van der Waals surface area contributed by atoms with Crippen molar-refractivity contribution in [2.24, 2.45) is 0 Å². The molecule has 1 unspecified atom stereocenters. The lowest BCUT2D eigenvalue weighted by molar-refractivity contribution is 0.236. The van der Waals surface area contributed by atoms with Crippen LogP contribution in [0.5, 0.6) is 0 Å². The fourth-order valence-corrected chi connectivity index (χ4v) is 6.62. The summed E-state index contributed by atoms with van der Waals surface area (Å²) in [4.78, 5) is 1.36. The Morgan fingerprint density at radius 3 is 2.73 bits per heavy atom. The van der Waals surface area contributed by atoms with E-state index >= 15 is 0 Å². The first-order valence-electron chi connectivity index (χ1n) is 8.36. The smallest absolute Gasteiger partial charge is 0.195 e. The van der Waals surface area contributed by atoms with Crippen molar-refractivity contribution in [2.45, 2.75) is 64.0 Å². The van der Waals surface area contributed by atoms with E-state index in [1.54, 1.807) is 27.0 Å². The molecule has 3 rings (SSSR count). The molecule has 2 heterocycles. The summed E-state index contributed by atoms with van der Waals surface area (Å²) in [7, 11) is -1.59. The van der Waals surface area contributed by atoms with Gasteiger partial charge in [-0.1, -0.05) is 26.2 Å². The Morgan fingerprint density at radius 2 is 2.05 bits per heavy atom. The van der Waals surface area contributed by atoms with Gasteiger partial charge in [0.15, 0.2) is 0 Å². The van der Waals surface area contributed by atoms with Crippen molar-refractivity contribution in [3.63, 3.8) is 0 Å². The summed E-state index contributed by atoms with van der Waals surface area (Å²) in [5, 5.41) is 2.09. The van der Waals surface area contributed by atoms with Gasteiger partial charge in [-0.25, -0.2) is 0 Å². The Kier molecular flexibility index (Phi) is 4.92. The van der Waals surface area contributed by atoms with E-state index in [1.165, 1.54) is 16.9 Å². The first-order chi connectivity index (χ1) is 10.6. The van der Waals surface area contributed by atoms with Crippen LogP contribution in [0.15, 0.2) is 11.4 Å². The highest BCUT2D eigenvalue weighted by Crippen LogP contribution is 2.38. The number of fused-ring (bicyclic) bond motifs is 1. The van der Waals surface area contributed by atoms with Crippen LogP contribution in [0.4, 0.5) is 0 Å². The van der Waals surface area contributed by atoms with Gasteiger partial charge < -0.3 is 0 Å². The zero-order chi connectivity index (χ0) is 15.7. The van der Waals surface area contributed by atoms with Crippen LogP contribution >= 0.6 is 11.3 Å². The molecule has 1 aliphatic heterocycles. The molecule has 1 atom stereocenters. The fraction of sp³-hybridized carbons (Fsp3) is 0.750. The number of nitrogens with zero attached hydrogens (tertiary/aromatic N) is 2. The number of hydrogen-bond acceptors (Lipinski definition) is 3. The van der Waals surface area contributed by atoms with Crippen LogP contribution in [0, 0.1) is 0 Å². The summed E-state index contributed by atoms with van der Waals surface area (Å²) in [6.45, 7) is 2.70. The van der Waals surface area contributed by atoms with Gasteiger partial charge in [0, 0.05) is 24.5 Å².